The van der Waals surface area contributed by atoms with Gasteiger partial charge < -0.3 is 0 Å². The third-order valence-corrected chi connectivity index (χ3v) is 1.28. The zero-order valence-electron chi connectivity index (χ0n) is 9.96. The quantitative estimate of drug-likeness (QED) is 0.235. The summed E-state index contributed by atoms with van der Waals surface area (Å²) in [6, 6.07) is 0. The maximum atomic E-state index is 7.50. The predicted molar refractivity (Wildman–Crippen MR) is 58.6 cm³/mol. The molecular weight excluding hydrogens is 260 g/mol. The molecule has 0 fully saturated rings. The van der Waals surface area contributed by atoms with Crippen LogP contribution in [0.4, 0.5) is 0 Å². The van der Waals surface area contributed by atoms with Gasteiger partial charge in [-0.15, -0.1) is 6.58 Å². The molecule has 94 valence electrons. The Labute approximate surface area is 116 Å². The van der Waals surface area contributed by atoms with Crippen LogP contribution in [0.25, 0.3) is 0 Å². The van der Waals surface area contributed by atoms with Crippen LogP contribution in [-0.4, -0.2) is 0 Å². The average Bonchev–Trinajstić information content (AvgIpc) is 2.37. The molecule has 0 saturated carbocycles. The molecule has 0 saturated heterocycles. The van der Waals surface area contributed by atoms with E-state index in [0.29, 0.717) is 5.92 Å². The van der Waals surface area contributed by atoms with Crippen LogP contribution in [0, 0.1) is 51.6 Å². The van der Waals surface area contributed by atoms with Crippen molar-refractivity contribution >= 4 is 0 Å². The van der Waals surface area contributed by atoms with E-state index in [0.717, 1.165) is 6.42 Å². The molecule has 4 radical (unpaired) electrons. The second kappa shape index (κ2) is 45.1. The Morgan fingerprint density at radius 3 is 1.76 bits per heavy atom. The van der Waals surface area contributed by atoms with Crippen LogP contribution in [0.5, 0.6) is 0 Å². The molecule has 0 aliphatic rings. The van der Waals surface area contributed by atoms with Crippen molar-refractivity contribution in [2.75, 3.05) is 0 Å². The number of hydrogen-bond donors (Lipinski definition) is 0. The smallest absolute Gasteiger partial charge is 0 e. The van der Waals surface area contributed by atoms with Crippen LogP contribution in [-0.2, 0) is 31.0 Å². The summed E-state index contributed by atoms with van der Waals surface area (Å²) in [5.41, 5.74) is 0. The molecule has 0 amide bonds. The van der Waals surface area contributed by atoms with Gasteiger partial charge in [-0.25, -0.2) is 0 Å². The first-order valence-corrected chi connectivity index (χ1v) is 4.33. The van der Waals surface area contributed by atoms with Gasteiger partial charge in [0.2, 0.25) is 0 Å². The monoisotopic (exact) mass is 276 g/mol. The van der Waals surface area contributed by atoms with Gasteiger partial charge in [0.15, 0.2) is 0 Å². The number of hydrogen-bond acceptors (Lipinski definition) is 0. The van der Waals surface area contributed by atoms with Gasteiger partial charge in [0.1, 0.15) is 0 Å². The van der Waals surface area contributed by atoms with E-state index in [4.69, 9.17) is 14.0 Å². The minimum Gasteiger partial charge on any atom is 0 e. The Balaban J connectivity index is -0.0000000594. The first kappa shape index (κ1) is 30.0. The minimum atomic E-state index is 0. The van der Waals surface area contributed by atoms with Crippen LogP contribution in [0.15, 0.2) is 12.7 Å². The molecule has 0 N–H and O–H groups in total. The van der Waals surface area contributed by atoms with E-state index < -0.39 is 0 Å². The first-order valence-electron chi connectivity index (χ1n) is 4.33. The summed E-state index contributed by atoms with van der Waals surface area (Å²) in [4.78, 5) is 0. The Morgan fingerprint density at radius 1 is 1.06 bits per heavy atom. The molecule has 3 nitrogen and oxygen atoms in total. The molecule has 4 heteroatoms. The molecule has 0 aromatic heterocycles. The topological polar surface area (TPSA) is 59.7 Å². The van der Waals surface area contributed by atoms with Crippen LogP contribution < -0.4 is 0 Å². The Morgan fingerprint density at radius 2 is 1.47 bits per heavy atom. The van der Waals surface area contributed by atoms with E-state index in [9.17, 15) is 0 Å². The fourth-order valence-corrected chi connectivity index (χ4v) is 0.706. The van der Waals surface area contributed by atoms with Gasteiger partial charge in [-0.2, -0.15) is 0 Å². The van der Waals surface area contributed by atoms with E-state index in [1.165, 1.54) is 0 Å². The third-order valence-electron chi connectivity index (χ3n) is 1.28. The van der Waals surface area contributed by atoms with Gasteiger partial charge in [-0.1, -0.05) is 19.9 Å². The van der Waals surface area contributed by atoms with E-state index in [1.54, 1.807) is 0 Å². The molecule has 0 aromatic rings. The maximum Gasteiger partial charge on any atom is 0 e. The van der Waals surface area contributed by atoms with Crippen LogP contribution in [0.3, 0.4) is 0 Å². The Bertz CT molecular complexity index is 159. The first-order chi connectivity index (χ1) is 7.81. The number of rotatable bonds is 6. The molecule has 0 unspecified atom stereocenters. The number of allylic oxidation sites excluding steroid dienone is 1. The molecular formula is C13H16FeO3. The molecule has 0 heterocycles. The van der Waals surface area contributed by atoms with Gasteiger partial charge in [0.05, 0.1) is 0 Å². The van der Waals surface area contributed by atoms with Gasteiger partial charge in [-0.05, 0) is 38.0 Å². The van der Waals surface area contributed by atoms with Gasteiger partial charge in [-0.3, -0.25) is 0 Å². The summed E-state index contributed by atoms with van der Waals surface area (Å²) in [5.74, 6) is 0.619. The molecule has 0 bridgehead atoms. The minimum absolute atomic E-state index is 0. The van der Waals surface area contributed by atoms with E-state index >= 15 is 0 Å². The second-order valence-electron chi connectivity index (χ2n) is 2.41. The summed E-state index contributed by atoms with van der Waals surface area (Å²) in [7, 11) is 0. The fraction of sp³-hybridized carbons (Fsp3) is 0.308. The van der Waals surface area contributed by atoms with Crippen molar-refractivity contribution in [1.82, 2.24) is 0 Å². The molecule has 1 atom stereocenters. The van der Waals surface area contributed by atoms with E-state index in [-0.39, 0.29) is 17.1 Å². The van der Waals surface area contributed by atoms with Crippen molar-refractivity contribution in [1.29, 1.82) is 0 Å². The zero-order chi connectivity index (χ0) is 13.8. The molecule has 0 aliphatic heterocycles. The van der Waals surface area contributed by atoms with E-state index in [1.807, 2.05) is 25.8 Å². The fourth-order valence-electron chi connectivity index (χ4n) is 0.706. The van der Waals surface area contributed by atoms with Crippen LogP contribution in [0.2, 0.25) is 0 Å². The maximum absolute atomic E-state index is 7.50. The van der Waals surface area contributed by atoms with Gasteiger partial charge in [0, 0.05) is 17.1 Å². The van der Waals surface area contributed by atoms with Crippen molar-refractivity contribution in [2.45, 2.75) is 20.3 Å². The molecule has 0 rings (SSSR count). The van der Waals surface area contributed by atoms with Crippen molar-refractivity contribution in [3.8, 4) is 0 Å². The molecule has 0 aliphatic carbocycles. The average molecular weight is 276 g/mol. The Kier molecular flexibility index (Phi) is 79.6. The van der Waals surface area contributed by atoms with Crippen LogP contribution in [0.1, 0.15) is 20.3 Å². The van der Waals surface area contributed by atoms with Crippen molar-refractivity contribution in [2.24, 2.45) is 5.92 Å². The normalized spacial score (nSPS) is 8.00. The predicted octanol–water partition coefficient (Wildman–Crippen LogP) is 2.92. The van der Waals surface area contributed by atoms with Crippen molar-refractivity contribution in [3.05, 3.63) is 58.3 Å². The summed E-state index contributed by atoms with van der Waals surface area (Å²) >= 11 is 0. The number of unbranched alkanes of at least 4 members (excludes halogenated alkanes) is 2. The zero-order valence-corrected chi connectivity index (χ0v) is 11.1. The summed E-state index contributed by atoms with van der Waals surface area (Å²) in [6.45, 7) is 21.4. The SMILES string of the molecule is C=CC[C@@H](C)[CH][CH][CH][CH]C.[C-]#[O+].[C-]#[O+].[C-]#[O+].[Fe]. The van der Waals surface area contributed by atoms with E-state index in [2.05, 4.69) is 46.3 Å². The van der Waals surface area contributed by atoms with Crippen LogP contribution >= 0.6 is 0 Å². The van der Waals surface area contributed by atoms with Gasteiger partial charge in [0.25, 0.3) is 0 Å². The Hall–Kier alpha value is -0.521. The largest absolute Gasteiger partial charge is 0 e. The molecule has 17 heavy (non-hydrogen) atoms. The second-order valence-corrected chi connectivity index (χ2v) is 2.41. The molecule has 0 spiro atoms. The summed E-state index contributed by atoms with van der Waals surface area (Å²) in [6.07, 6.45) is 11.3. The summed E-state index contributed by atoms with van der Waals surface area (Å²) in [5, 5.41) is 0. The van der Waals surface area contributed by atoms with Crippen molar-refractivity contribution in [3.63, 3.8) is 0 Å². The summed E-state index contributed by atoms with van der Waals surface area (Å²) < 4.78 is 22.5. The standard InChI is InChI=1S/C10H16.3CO.Fe/c1-4-6-7-9-10(3)8-5-2;3*1-2;/h4-7,9-10H,2,8H2,1,3H3;;;;/t10-;;;;/m1..../s1. The van der Waals surface area contributed by atoms with Crippen molar-refractivity contribution < 1.29 is 31.0 Å². The third kappa shape index (κ3) is 50.3. The molecule has 0 aromatic carbocycles. The van der Waals surface area contributed by atoms with Gasteiger partial charge >= 0.3 is 33.9 Å².